The molecule has 37 heavy (non-hydrogen) atoms. The molecule has 0 aromatic heterocycles. The summed E-state index contributed by atoms with van der Waals surface area (Å²) in [5, 5.41) is 9.06. The van der Waals surface area contributed by atoms with Crippen LogP contribution in [0.3, 0.4) is 0 Å². The number of hydrazone groups is 1. The van der Waals surface area contributed by atoms with E-state index in [4.69, 9.17) is 18.9 Å². The molecule has 3 aromatic carbocycles. The highest BCUT2D eigenvalue weighted by atomic mass is 16.7. The molecule has 0 fully saturated rings. The van der Waals surface area contributed by atoms with E-state index in [1.807, 2.05) is 0 Å². The molecule has 0 radical (unpaired) electrons. The number of ether oxygens (including phenoxy) is 4. The fraction of sp³-hybridized carbons (Fsp3) is 0.154. The lowest BCUT2D eigenvalue weighted by Crippen LogP contribution is -2.37. The Balaban J connectivity index is 1.25. The number of carbonyl (C=O) groups excluding carboxylic acids is 3. The van der Waals surface area contributed by atoms with Crippen molar-refractivity contribution in [3.63, 3.8) is 0 Å². The average Bonchev–Trinajstić information content (AvgIpc) is 3.39. The molecule has 1 aliphatic rings. The van der Waals surface area contributed by atoms with Crippen LogP contribution >= 0.6 is 0 Å². The summed E-state index contributed by atoms with van der Waals surface area (Å²) in [5.41, 5.74) is 3.99. The lowest BCUT2D eigenvalue weighted by molar-refractivity contribution is -0.139. The first kappa shape index (κ1) is 25.0. The van der Waals surface area contributed by atoms with Crippen LogP contribution in [-0.2, 0) is 20.9 Å². The van der Waals surface area contributed by atoms with Crippen LogP contribution in [-0.4, -0.2) is 44.4 Å². The van der Waals surface area contributed by atoms with Gasteiger partial charge in [-0.15, -0.1) is 0 Å². The number of amides is 3. The highest BCUT2D eigenvalue weighted by molar-refractivity contribution is 6.35. The summed E-state index contributed by atoms with van der Waals surface area (Å²) < 4.78 is 21.3. The monoisotopic (exact) mass is 504 g/mol. The van der Waals surface area contributed by atoms with Crippen molar-refractivity contribution in [3.05, 3.63) is 77.9 Å². The van der Waals surface area contributed by atoms with Gasteiger partial charge in [0.15, 0.2) is 18.1 Å². The standard InChI is InChI=1S/C26H24N4O7/c1-34-20-7-4-6-19(12-20)29-24(31)15-35-21-8-3-2-5-18(21)14-28-30-26(33)25(32)27-13-17-9-10-22-23(11-17)37-16-36-22/h2-12,14H,13,15-16H2,1H3,(H,27,32)(H,29,31)(H,30,33)/b28-14-. The van der Waals surface area contributed by atoms with Gasteiger partial charge in [-0.3, -0.25) is 14.4 Å². The third-order valence-electron chi connectivity index (χ3n) is 5.10. The van der Waals surface area contributed by atoms with Gasteiger partial charge in [0.05, 0.1) is 13.3 Å². The molecule has 1 heterocycles. The van der Waals surface area contributed by atoms with Crippen LogP contribution < -0.4 is 35.0 Å². The number of rotatable bonds is 9. The van der Waals surface area contributed by atoms with Gasteiger partial charge in [-0.1, -0.05) is 24.3 Å². The van der Waals surface area contributed by atoms with E-state index in [2.05, 4.69) is 21.2 Å². The van der Waals surface area contributed by atoms with E-state index in [0.717, 1.165) is 5.56 Å². The number of benzene rings is 3. The molecule has 0 saturated carbocycles. The molecule has 190 valence electrons. The van der Waals surface area contributed by atoms with Crippen LogP contribution in [0.5, 0.6) is 23.0 Å². The summed E-state index contributed by atoms with van der Waals surface area (Å²) in [4.78, 5) is 36.5. The lowest BCUT2D eigenvalue weighted by Gasteiger charge is -2.10. The molecule has 1 aliphatic heterocycles. The molecular weight excluding hydrogens is 480 g/mol. The SMILES string of the molecule is COc1cccc(NC(=O)COc2ccccc2/C=N\NC(=O)C(=O)NCc2ccc3c(c2)OCO3)c1. The summed E-state index contributed by atoms with van der Waals surface area (Å²) in [5.74, 6) is 0.0370. The van der Waals surface area contributed by atoms with Crippen LogP contribution in [0, 0.1) is 0 Å². The maximum atomic E-state index is 12.3. The highest BCUT2D eigenvalue weighted by Crippen LogP contribution is 2.32. The number of nitrogens with zero attached hydrogens (tertiary/aromatic N) is 1. The van der Waals surface area contributed by atoms with E-state index in [1.54, 1.807) is 73.8 Å². The first-order valence-corrected chi connectivity index (χ1v) is 11.2. The van der Waals surface area contributed by atoms with E-state index in [0.29, 0.717) is 34.2 Å². The first-order chi connectivity index (χ1) is 18.0. The topological polar surface area (TPSA) is 137 Å². The number of para-hydroxylation sites is 1. The fourth-order valence-corrected chi connectivity index (χ4v) is 3.28. The van der Waals surface area contributed by atoms with Crippen LogP contribution in [0.15, 0.2) is 71.8 Å². The van der Waals surface area contributed by atoms with E-state index in [1.165, 1.54) is 6.21 Å². The summed E-state index contributed by atoms with van der Waals surface area (Å²) in [7, 11) is 1.54. The van der Waals surface area contributed by atoms with Gasteiger partial charge in [-0.25, -0.2) is 5.43 Å². The van der Waals surface area contributed by atoms with Gasteiger partial charge in [0.2, 0.25) is 6.79 Å². The predicted molar refractivity (Wildman–Crippen MR) is 134 cm³/mol. The number of hydrogen-bond acceptors (Lipinski definition) is 8. The number of carbonyl (C=O) groups is 3. The molecule has 0 aliphatic carbocycles. The third-order valence-corrected chi connectivity index (χ3v) is 5.10. The van der Waals surface area contributed by atoms with E-state index in [-0.39, 0.29) is 25.9 Å². The van der Waals surface area contributed by atoms with Crippen molar-refractivity contribution in [1.82, 2.24) is 10.7 Å². The zero-order valence-electron chi connectivity index (χ0n) is 19.9. The molecule has 11 heteroatoms. The second-order valence-corrected chi connectivity index (χ2v) is 7.68. The molecular formula is C26H24N4O7. The Labute approximate surface area is 212 Å². The second-order valence-electron chi connectivity index (χ2n) is 7.68. The Bertz CT molecular complexity index is 1330. The quantitative estimate of drug-likeness (QED) is 0.231. The Morgan fingerprint density at radius 3 is 2.68 bits per heavy atom. The van der Waals surface area contributed by atoms with Gasteiger partial charge in [-0.05, 0) is 42.0 Å². The predicted octanol–water partition coefficient (Wildman–Crippen LogP) is 2.21. The van der Waals surface area contributed by atoms with Crippen molar-refractivity contribution >= 4 is 29.6 Å². The van der Waals surface area contributed by atoms with Gasteiger partial charge in [0.25, 0.3) is 5.91 Å². The Morgan fingerprint density at radius 2 is 1.81 bits per heavy atom. The number of methoxy groups -OCH3 is 1. The van der Waals surface area contributed by atoms with Crippen molar-refractivity contribution in [2.75, 3.05) is 25.8 Å². The van der Waals surface area contributed by atoms with Crippen molar-refractivity contribution in [1.29, 1.82) is 0 Å². The maximum Gasteiger partial charge on any atom is 0.329 e. The van der Waals surface area contributed by atoms with Gasteiger partial charge < -0.3 is 29.6 Å². The number of fused-ring (bicyclic) bond motifs is 1. The zero-order valence-corrected chi connectivity index (χ0v) is 19.9. The molecule has 0 unspecified atom stereocenters. The molecule has 3 aromatic rings. The van der Waals surface area contributed by atoms with Crippen LogP contribution in [0.25, 0.3) is 0 Å². The Morgan fingerprint density at radius 1 is 0.973 bits per heavy atom. The fourth-order valence-electron chi connectivity index (χ4n) is 3.28. The molecule has 0 bridgehead atoms. The van der Waals surface area contributed by atoms with Gasteiger partial charge in [0.1, 0.15) is 11.5 Å². The molecule has 4 rings (SSSR count). The van der Waals surface area contributed by atoms with E-state index in [9.17, 15) is 14.4 Å². The molecule has 3 N–H and O–H groups in total. The highest BCUT2D eigenvalue weighted by Gasteiger charge is 2.15. The van der Waals surface area contributed by atoms with Crippen LogP contribution in [0.4, 0.5) is 5.69 Å². The normalized spacial score (nSPS) is 11.6. The van der Waals surface area contributed by atoms with Gasteiger partial charge in [-0.2, -0.15) is 5.10 Å². The van der Waals surface area contributed by atoms with Crippen molar-refractivity contribution in [2.24, 2.45) is 5.10 Å². The van der Waals surface area contributed by atoms with Gasteiger partial charge in [0, 0.05) is 23.9 Å². The number of hydrogen-bond donors (Lipinski definition) is 3. The number of nitrogens with one attached hydrogen (secondary N) is 3. The van der Waals surface area contributed by atoms with Crippen molar-refractivity contribution in [2.45, 2.75) is 6.54 Å². The first-order valence-electron chi connectivity index (χ1n) is 11.2. The zero-order chi connectivity index (χ0) is 26.0. The minimum atomic E-state index is -0.937. The summed E-state index contributed by atoms with van der Waals surface area (Å²) >= 11 is 0. The molecule has 0 saturated heterocycles. The smallest absolute Gasteiger partial charge is 0.329 e. The summed E-state index contributed by atoms with van der Waals surface area (Å²) in [6.45, 7) is 0.0219. The van der Waals surface area contributed by atoms with E-state index >= 15 is 0 Å². The molecule has 0 atom stereocenters. The summed E-state index contributed by atoms with van der Waals surface area (Å²) in [6, 6.07) is 19.0. The minimum absolute atomic E-state index is 0.126. The average molecular weight is 504 g/mol. The largest absolute Gasteiger partial charge is 0.497 e. The van der Waals surface area contributed by atoms with Crippen molar-refractivity contribution in [3.8, 4) is 23.0 Å². The van der Waals surface area contributed by atoms with Crippen LogP contribution in [0.2, 0.25) is 0 Å². The van der Waals surface area contributed by atoms with E-state index < -0.39 is 11.8 Å². The maximum absolute atomic E-state index is 12.3. The Hall–Kier alpha value is -5.06. The number of anilines is 1. The van der Waals surface area contributed by atoms with Crippen LogP contribution in [0.1, 0.15) is 11.1 Å². The lowest BCUT2D eigenvalue weighted by atomic mass is 10.2. The molecule has 0 spiro atoms. The molecule has 11 nitrogen and oxygen atoms in total. The molecule has 3 amide bonds. The minimum Gasteiger partial charge on any atom is -0.497 e. The second kappa shape index (κ2) is 12.1. The van der Waals surface area contributed by atoms with Crippen molar-refractivity contribution < 1.29 is 33.3 Å². The summed E-state index contributed by atoms with van der Waals surface area (Å²) in [6.07, 6.45) is 1.32. The third kappa shape index (κ3) is 6.98. The van der Waals surface area contributed by atoms with Gasteiger partial charge >= 0.3 is 11.8 Å². The Kier molecular flexibility index (Phi) is 8.17.